The first-order valence-electron chi connectivity index (χ1n) is 8.84. The highest BCUT2D eigenvalue weighted by molar-refractivity contribution is 7.18. The number of para-hydroxylation sites is 1. The summed E-state index contributed by atoms with van der Waals surface area (Å²) in [7, 11) is 0. The first-order valence-corrected chi connectivity index (χ1v) is 10.0. The zero-order valence-corrected chi connectivity index (χ0v) is 17.0. The maximum atomic E-state index is 14.0. The van der Waals surface area contributed by atoms with Crippen LogP contribution in [0.25, 0.3) is 10.2 Å². The number of hydrogen-bond donors (Lipinski definition) is 0. The quantitative estimate of drug-likeness (QED) is 0.481. The van der Waals surface area contributed by atoms with Crippen LogP contribution in [-0.4, -0.2) is 23.5 Å². The highest BCUT2D eigenvalue weighted by Crippen LogP contribution is 2.31. The fraction of sp³-hybridized carbons (Fsp3) is 0.250. The van der Waals surface area contributed by atoms with E-state index in [0.717, 1.165) is 17.4 Å². The van der Waals surface area contributed by atoms with Gasteiger partial charge in [0, 0.05) is 6.42 Å². The average molecular weight is 439 g/mol. The second-order valence-corrected chi connectivity index (χ2v) is 7.54. The number of benzene rings is 2. The summed E-state index contributed by atoms with van der Waals surface area (Å²) in [6, 6.07) is 9.14. The zero-order valence-electron chi connectivity index (χ0n) is 15.5. The van der Waals surface area contributed by atoms with Gasteiger partial charge in [-0.15, -0.1) is 11.3 Å². The molecule has 3 rings (SSSR count). The normalized spacial score (nSPS) is 10.9. The van der Waals surface area contributed by atoms with Crippen molar-refractivity contribution in [1.29, 1.82) is 0 Å². The molecule has 0 bridgehead atoms. The largest absolute Gasteiger partial charge is 0.466 e. The van der Waals surface area contributed by atoms with Crippen molar-refractivity contribution in [3.8, 4) is 0 Å². The van der Waals surface area contributed by atoms with Gasteiger partial charge in [-0.25, -0.2) is 13.8 Å². The van der Waals surface area contributed by atoms with Gasteiger partial charge in [0.05, 0.1) is 40.5 Å². The number of fused-ring (bicyclic) bond motifs is 1. The molecule has 2 aromatic carbocycles. The third-order valence-electron chi connectivity index (χ3n) is 4.08. The summed E-state index contributed by atoms with van der Waals surface area (Å²) in [5.74, 6) is -2.76. The van der Waals surface area contributed by atoms with E-state index in [0.29, 0.717) is 21.2 Å². The summed E-state index contributed by atoms with van der Waals surface area (Å²) in [4.78, 5) is 30.1. The summed E-state index contributed by atoms with van der Waals surface area (Å²) in [5.41, 5.74) is 0.746. The summed E-state index contributed by atoms with van der Waals surface area (Å²) < 4.78 is 32.4. The molecule has 0 aliphatic carbocycles. The molecule has 0 radical (unpaired) electrons. The topological polar surface area (TPSA) is 59.5 Å². The van der Waals surface area contributed by atoms with E-state index in [9.17, 15) is 18.4 Å². The predicted octanol–water partition coefficient (Wildman–Crippen LogP) is 5.10. The van der Waals surface area contributed by atoms with E-state index < -0.39 is 17.6 Å². The van der Waals surface area contributed by atoms with Gasteiger partial charge < -0.3 is 9.64 Å². The van der Waals surface area contributed by atoms with E-state index in [2.05, 4.69) is 4.98 Å². The number of carbonyl (C=O) groups excluding carboxylic acids is 2. The van der Waals surface area contributed by atoms with Crippen LogP contribution in [0.5, 0.6) is 0 Å². The molecule has 5 nitrogen and oxygen atoms in total. The van der Waals surface area contributed by atoms with Crippen LogP contribution in [0.15, 0.2) is 36.4 Å². The van der Waals surface area contributed by atoms with Crippen LogP contribution in [-0.2, 0) is 20.9 Å². The molecular weight excluding hydrogens is 422 g/mol. The van der Waals surface area contributed by atoms with Gasteiger partial charge in [-0.3, -0.25) is 9.59 Å². The molecule has 0 saturated heterocycles. The van der Waals surface area contributed by atoms with Gasteiger partial charge in [-0.2, -0.15) is 0 Å². The van der Waals surface area contributed by atoms with Crippen molar-refractivity contribution in [2.24, 2.45) is 0 Å². The Morgan fingerprint density at radius 2 is 1.93 bits per heavy atom. The lowest BCUT2D eigenvalue weighted by Crippen LogP contribution is -2.31. The molecule has 0 N–H and O–H groups in total. The van der Waals surface area contributed by atoms with Crippen molar-refractivity contribution in [3.05, 3.63) is 58.1 Å². The van der Waals surface area contributed by atoms with Crippen molar-refractivity contribution < 1.29 is 23.1 Å². The average Bonchev–Trinajstić information content (AvgIpc) is 3.12. The van der Waals surface area contributed by atoms with E-state index in [1.165, 1.54) is 11.0 Å². The Balaban J connectivity index is 1.89. The SMILES string of the molecule is CCOC(=O)CCC(=O)N(Cc1nc2ccc(F)c(F)c2s1)c1ccccc1Cl. The lowest BCUT2D eigenvalue weighted by atomic mass is 10.2. The number of rotatable bonds is 7. The Kier molecular flexibility index (Phi) is 6.76. The smallest absolute Gasteiger partial charge is 0.306 e. The zero-order chi connectivity index (χ0) is 21.0. The molecule has 29 heavy (non-hydrogen) atoms. The minimum atomic E-state index is -0.968. The number of thiazole rings is 1. The van der Waals surface area contributed by atoms with Crippen molar-refractivity contribution in [2.75, 3.05) is 11.5 Å². The molecule has 0 aliphatic heterocycles. The Hall–Kier alpha value is -2.58. The standard InChI is InChI=1S/C20H17ClF2N2O3S/c1-2-28-18(27)10-9-17(26)25(15-6-4-3-5-12(15)21)11-16-24-14-8-7-13(22)19(23)20(14)29-16/h3-8H,2,9-11H2,1H3. The summed E-state index contributed by atoms with van der Waals surface area (Å²) in [6.45, 7) is 1.92. The van der Waals surface area contributed by atoms with Crippen LogP contribution in [0.3, 0.4) is 0 Å². The van der Waals surface area contributed by atoms with Gasteiger partial charge in [0.1, 0.15) is 5.01 Å². The van der Waals surface area contributed by atoms with Crippen molar-refractivity contribution >= 4 is 50.7 Å². The molecule has 1 heterocycles. The number of amides is 1. The van der Waals surface area contributed by atoms with Crippen LogP contribution in [0.2, 0.25) is 5.02 Å². The number of aromatic nitrogens is 1. The minimum Gasteiger partial charge on any atom is -0.466 e. The Morgan fingerprint density at radius 1 is 1.17 bits per heavy atom. The number of halogens is 3. The monoisotopic (exact) mass is 438 g/mol. The molecule has 1 amide bonds. The highest BCUT2D eigenvalue weighted by atomic mass is 35.5. The summed E-state index contributed by atoms with van der Waals surface area (Å²) in [5, 5.41) is 0.754. The van der Waals surface area contributed by atoms with E-state index in [4.69, 9.17) is 16.3 Å². The van der Waals surface area contributed by atoms with Gasteiger partial charge in [-0.1, -0.05) is 23.7 Å². The lowest BCUT2D eigenvalue weighted by molar-refractivity contribution is -0.144. The first-order chi connectivity index (χ1) is 13.9. The fourth-order valence-electron chi connectivity index (χ4n) is 2.74. The maximum Gasteiger partial charge on any atom is 0.306 e. The second-order valence-electron chi connectivity index (χ2n) is 6.05. The number of carbonyl (C=O) groups is 2. The van der Waals surface area contributed by atoms with E-state index in [1.807, 2.05) is 0 Å². The maximum absolute atomic E-state index is 14.0. The molecule has 0 saturated carbocycles. The number of anilines is 1. The molecule has 0 unspecified atom stereocenters. The van der Waals surface area contributed by atoms with E-state index in [1.54, 1.807) is 31.2 Å². The molecule has 0 spiro atoms. The molecule has 0 aliphatic rings. The highest BCUT2D eigenvalue weighted by Gasteiger charge is 2.22. The van der Waals surface area contributed by atoms with Crippen molar-refractivity contribution in [3.63, 3.8) is 0 Å². The Bertz CT molecular complexity index is 1060. The molecule has 9 heteroatoms. The molecule has 0 fully saturated rings. The van der Waals surface area contributed by atoms with Gasteiger partial charge >= 0.3 is 5.97 Å². The van der Waals surface area contributed by atoms with E-state index in [-0.39, 0.29) is 36.6 Å². The van der Waals surface area contributed by atoms with Crippen LogP contribution >= 0.6 is 22.9 Å². The molecule has 3 aromatic rings. The number of nitrogens with zero attached hydrogens (tertiary/aromatic N) is 2. The molecular formula is C20H17ClF2N2O3S. The van der Waals surface area contributed by atoms with Gasteiger partial charge in [0.15, 0.2) is 11.6 Å². The van der Waals surface area contributed by atoms with Crippen molar-refractivity contribution in [2.45, 2.75) is 26.3 Å². The summed E-state index contributed by atoms with van der Waals surface area (Å²) >= 11 is 7.22. The molecule has 152 valence electrons. The first kappa shape index (κ1) is 21.1. The second kappa shape index (κ2) is 9.28. The lowest BCUT2D eigenvalue weighted by Gasteiger charge is -2.23. The van der Waals surface area contributed by atoms with Crippen LogP contribution < -0.4 is 4.90 Å². The number of ether oxygens (including phenoxy) is 1. The Labute approximate surface area is 174 Å². The third kappa shape index (κ3) is 4.89. The molecule has 1 aromatic heterocycles. The van der Waals surface area contributed by atoms with Crippen LogP contribution in [0.1, 0.15) is 24.8 Å². The van der Waals surface area contributed by atoms with E-state index >= 15 is 0 Å². The third-order valence-corrected chi connectivity index (χ3v) is 5.45. The van der Waals surface area contributed by atoms with Gasteiger partial charge in [-0.05, 0) is 31.2 Å². The van der Waals surface area contributed by atoms with Crippen LogP contribution in [0.4, 0.5) is 14.5 Å². The summed E-state index contributed by atoms with van der Waals surface area (Å²) in [6.07, 6.45) is -0.161. The van der Waals surface area contributed by atoms with Crippen molar-refractivity contribution in [1.82, 2.24) is 4.98 Å². The Morgan fingerprint density at radius 3 is 2.66 bits per heavy atom. The van der Waals surface area contributed by atoms with Gasteiger partial charge in [0.2, 0.25) is 5.91 Å². The molecule has 0 atom stereocenters. The fourth-order valence-corrected chi connectivity index (χ4v) is 3.96. The number of esters is 1. The van der Waals surface area contributed by atoms with Gasteiger partial charge in [0.25, 0.3) is 0 Å². The number of hydrogen-bond acceptors (Lipinski definition) is 5. The predicted molar refractivity (Wildman–Crippen MR) is 108 cm³/mol. The van der Waals surface area contributed by atoms with Crippen LogP contribution in [0, 0.1) is 11.6 Å². The minimum absolute atomic E-state index is 0.00575.